The third-order valence-electron chi connectivity index (χ3n) is 2.89. The Kier molecular flexibility index (Phi) is 5.38. The molecular formula is C15H16FN3O5. The predicted octanol–water partition coefficient (Wildman–Crippen LogP) is 2.10. The number of hydroxylamine groups is 2. The second-order valence-electron chi connectivity index (χ2n) is 4.97. The number of hydrogen-bond donors (Lipinski definition) is 3. The number of rotatable bonds is 6. The van der Waals surface area contributed by atoms with Crippen molar-refractivity contribution >= 4 is 11.9 Å². The monoisotopic (exact) mass is 337 g/mol. The first-order valence-electron chi connectivity index (χ1n) is 6.95. The summed E-state index contributed by atoms with van der Waals surface area (Å²) in [6.45, 7) is 1.38. The van der Waals surface area contributed by atoms with E-state index in [0.29, 0.717) is 10.8 Å². The zero-order valence-corrected chi connectivity index (χ0v) is 12.7. The third-order valence-corrected chi connectivity index (χ3v) is 2.89. The molecule has 0 fully saturated rings. The van der Waals surface area contributed by atoms with E-state index in [2.05, 4.69) is 5.32 Å². The molecule has 1 aromatic carbocycles. The Hall–Kier alpha value is -3.07. The van der Waals surface area contributed by atoms with Crippen LogP contribution in [-0.2, 0) is 0 Å². The number of benzene rings is 1. The van der Waals surface area contributed by atoms with Gasteiger partial charge in [0.25, 0.3) is 5.95 Å². The van der Waals surface area contributed by atoms with E-state index < -0.39 is 23.8 Å². The minimum absolute atomic E-state index is 0.00154. The second kappa shape index (κ2) is 7.47. The fourth-order valence-corrected chi connectivity index (χ4v) is 1.87. The number of carbonyl (C=O) groups excluding carboxylic acids is 2. The van der Waals surface area contributed by atoms with Crippen LogP contribution in [0.5, 0.6) is 11.7 Å². The topological polar surface area (TPSA) is 118 Å². The largest absolute Gasteiger partial charge is 0.426 e. The first-order chi connectivity index (χ1) is 11.3. The number of nitrogens with one attached hydrogen (secondary N) is 1. The van der Waals surface area contributed by atoms with Crippen LogP contribution in [0.3, 0.4) is 0 Å². The van der Waals surface area contributed by atoms with Crippen LogP contribution >= 0.6 is 0 Å². The van der Waals surface area contributed by atoms with Crippen molar-refractivity contribution in [1.29, 1.82) is 0 Å². The molecule has 128 valence electrons. The van der Waals surface area contributed by atoms with Gasteiger partial charge in [-0.2, -0.15) is 0 Å². The van der Waals surface area contributed by atoms with Gasteiger partial charge in [-0.1, -0.05) is 0 Å². The van der Waals surface area contributed by atoms with Crippen molar-refractivity contribution in [3.05, 3.63) is 48.0 Å². The number of halogens is 1. The molecule has 0 saturated heterocycles. The van der Waals surface area contributed by atoms with Crippen LogP contribution in [0.4, 0.5) is 9.18 Å². The summed E-state index contributed by atoms with van der Waals surface area (Å²) in [6.07, 6.45) is 0. The summed E-state index contributed by atoms with van der Waals surface area (Å²) in [7, 11) is 0. The Balaban J connectivity index is 1.97. The van der Waals surface area contributed by atoms with E-state index in [0.717, 1.165) is 0 Å². The van der Waals surface area contributed by atoms with Crippen molar-refractivity contribution < 1.29 is 28.3 Å². The third kappa shape index (κ3) is 4.71. The molecule has 0 aliphatic rings. The number of furan rings is 1. The van der Waals surface area contributed by atoms with E-state index in [1.54, 1.807) is 6.92 Å². The lowest BCUT2D eigenvalue weighted by Gasteiger charge is -2.18. The van der Waals surface area contributed by atoms with Crippen molar-refractivity contribution in [1.82, 2.24) is 10.4 Å². The van der Waals surface area contributed by atoms with Crippen LogP contribution in [0.25, 0.3) is 0 Å². The van der Waals surface area contributed by atoms with Crippen LogP contribution in [0.15, 0.2) is 40.8 Å². The van der Waals surface area contributed by atoms with E-state index in [9.17, 15) is 19.2 Å². The van der Waals surface area contributed by atoms with Crippen LogP contribution in [-0.4, -0.2) is 34.8 Å². The molecule has 0 radical (unpaired) electrons. The molecule has 4 N–H and O–H groups in total. The average molecular weight is 337 g/mol. The van der Waals surface area contributed by atoms with Gasteiger partial charge in [0, 0.05) is 12.1 Å². The molecule has 1 heterocycles. The minimum atomic E-state index is -0.818. The van der Waals surface area contributed by atoms with Gasteiger partial charge < -0.3 is 20.2 Å². The zero-order valence-electron chi connectivity index (χ0n) is 12.7. The van der Waals surface area contributed by atoms with Gasteiger partial charge in [-0.3, -0.25) is 10.0 Å². The number of carbonyl (C=O) groups is 2. The number of nitrogens with zero attached hydrogens (tertiary/aromatic N) is 1. The molecule has 0 aliphatic heterocycles. The number of ether oxygens (including phenoxy) is 1. The summed E-state index contributed by atoms with van der Waals surface area (Å²) >= 11 is 0. The maximum absolute atomic E-state index is 12.8. The molecule has 3 amide bonds. The van der Waals surface area contributed by atoms with Gasteiger partial charge in [0.05, 0.1) is 6.54 Å². The summed E-state index contributed by atoms with van der Waals surface area (Å²) in [5, 5.41) is 12.4. The molecule has 0 spiro atoms. The van der Waals surface area contributed by atoms with Crippen molar-refractivity contribution in [2.75, 3.05) is 6.54 Å². The van der Waals surface area contributed by atoms with Crippen molar-refractivity contribution in [2.24, 2.45) is 5.73 Å². The molecule has 1 aromatic heterocycles. The Bertz CT molecular complexity index is 716. The minimum Gasteiger partial charge on any atom is -0.426 e. The lowest BCUT2D eigenvalue weighted by molar-refractivity contribution is -0.0636. The Morgan fingerprint density at radius 2 is 2.00 bits per heavy atom. The number of urea groups is 1. The van der Waals surface area contributed by atoms with E-state index in [1.807, 2.05) is 0 Å². The SMILES string of the molecule is CC(CN(O)C(=O)c1ccc(Oc2ccc(F)cc2)o1)NC(N)=O. The smallest absolute Gasteiger partial charge is 0.313 e. The Morgan fingerprint density at radius 1 is 1.33 bits per heavy atom. The maximum Gasteiger partial charge on any atom is 0.313 e. The van der Waals surface area contributed by atoms with Crippen LogP contribution in [0.2, 0.25) is 0 Å². The molecule has 0 bridgehead atoms. The van der Waals surface area contributed by atoms with E-state index >= 15 is 0 Å². The highest BCUT2D eigenvalue weighted by Gasteiger charge is 2.20. The van der Waals surface area contributed by atoms with Crippen LogP contribution in [0, 0.1) is 5.82 Å². The molecule has 1 unspecified atom stereocenters. The summed E-state index contributed by atoms with van der Waals surface area (Å²) < 4.78 is 23.3. The predicted molar refractivity (Wildman–Crippen MR) is 80.2 cm³/mol. The highest BCUT2D eigenvalue weighted by molar-refractivity contribution is 5.90. The van der Waals surface area contributed by atoms with Crippen LogP contribution in [0.1, 0.15) is 17.5 Å². The zero-order chi connectivity index (χ0) is 17.7. The van der Waals surface area contributed by atoms with Crippen molar-refractivity contribution in [3.63, 3.8) is 0 Å². The summed E-state index contributed by atoms with van der Waals surface area (Å²) in [5.41, 5.74) is 4.95. The van der Waals surface area contributed by atoms with Crippen LogP contribution < -0.4 is 15.8 Å². The van der Waals surface area contributed by atoms with Gasteiger partial charge in [0.15, 0.2) is 5.76 Å². The number of amides is 3. The van der Waals surface area contributed by atoms with Gasteiger partial charge in [-0.15, -0.1) is 0 Å². The van der Waals surface area contributed by atoms with E-state index in [-0.39, 0.29) is 18.3 Å². The average Bonchev–Trinajstić information content (AvgIpc) is 2.96. The first kappa shape index (κ1) is 17.3. The fourth-order valence-electron chi connectivity index (χ4n) is 1.87. The quantitative estimate of drug-likeness (QED) is 0.551. The maximum atomic E-state index is 12.8. The van der Waals surface area contributed by atoms with Gasteiger partial charge in [-0.25, -0.2) is 14.2 Å². The molecule has 24 heavy (non-hydrogen) atoms. The molecule has 9 heteroatoms. The molecule has 8 nitrogen and oxygen atoms in total. The standard InChI is InChI=1S/C15H16FN3O5/c1-9(18-15(17)21)8-19(22)14(20)12-6-7-13(24-12)23-11-4-2-10(16)3-5-11/h2-7,9,22H,8H2,1H3,(H3,17,18,21). The molecule has 0 saturated carbocycles. The summed E-state index contributed by atoms with van der Waals surface area (Å²) in [6, 6.07) is 6.60. The van der Waals surface area contributed by atoms with E-state index in [4.69, 9.17) is 14.9 Å². The van der Waals surface area contributed by atoms with Crippen molar-refractivity contribution in [3.8, 4) is 11.7 Å². The van der Waals surface area contributed by atoms with Gasteiger partial charge in [0.2, 0.25) is 0 Å². The normalized spacial score (nSPS) is 11.6. The lowest BCUT2D eigenvalue weighted by atomic mass is 10.3. The number of primary amides is 1. The number of nitrogens with two attached hydrogens (primary N) is 1. The fraction of sp³-hybridized carbons (Fsp3) is 0.200. The lowest BCUT2D eigenvalue weighted by Crippen LogP contribution is -2.44. The Morgan fingerprint density at radius 3 is 2.62 bits per heavy atom. The van der Waals surface area contributed by atoms with Gasteiger partial charge in [0.1, 0.15) is 11.6 Å². The molecule has 2 aromatic rings. The second-order valence-corrected chi connectivity index (χ2v) is 4.97. The Labute approximate surface area is 136 Å². The number of hydrogen-bond acceptors (Lipinski definition) is 5. The summed E-state index contributed by atoms with van der Waals surface area (Å²) in [4.78, 5) is 22.7. The molecular weight excluding hydrogens is 321 g/mol. The summed E-state index contributed by atoms with van der Waals surface area (Å²) in [5.74, 6) is -1.07. The molecule has 0 aliphatic carbocycles. The van der Waals surface area contributed by atoms with E-state index in [1.165, 1.54) is 36.4 Å². The van der Waals surface area contributed by atoms with Crippen molar-refractivity contribution in [2.45, 2.75) is 13.0 Å². The molecule has 1 atom stereocenters. The molecule has 2 rings (SSSR count). The van der Waals surface area contributed by atoms with Gasteiger partial charge >= 0.3 is 11.9 Å². The first-order valence-corrected chi connectivity index (χ1v) is 6.95. The highest BCUT2D eigenvalue weighted by Crippen LogP contribution is 2.24. The highest BCUT2D eigenvalue weighted by atomic mass is 19.1. The van der Waals surface area contributed by atoms with Gasteiger partial charge in [-0.05, 0) is 37.3 Å².